The summed E-state index contributed by atoms with van der Waals surface area (Å²) in [6, 6.07) is 14.4. The van der Waals surface area contributed by atoms with Crippen LogP contribution in [-0.2, 0) is 6.54 Å². The van der Waals surface area contributed by atoms with Crippen LogP contribution in [0.25, 0.3) is 0 Å². The van der Waals surface area contributed by atoms with E-state index >= 15 is 0 Å². The van der Waals surface area contributed by atoms with E-state index in [4.69, 9.17) is 28.2 Å². The van der Waals surface area contributed by atoms with Crippen LogP contribution in [0.1, 0.15) is 18.4 Å². The number of nitrogens with one attached hydrogen (secondary N) is 1. The summed E-state index contributed by atoms with van der Waals surface area (Å²) in [7, 11) is 6.39. The maximum absolute atomic E-state index is 6.45. The second-order valence-electron chi connectivity index (χ2n) is 8.87. The van der Waals surface area contributed by atoms with Crippen LogP contribution in [0.15, 0.2) is 47.5 Å². The number of hydrogen-bond donors (Lipinski definition) is 1. The van der Waals surface area contributed by atoms with E-state index in [1.54, 1.807) is 0 Å². The van der Waals surface area contributed by atoms with Gasteiger partial charge in [0.15, 0.2) is 0 Å². The molecule has 0 atom stereocenters. The smallest absolute Gasteiger partial charge is 0.130 e. The minimum atomic E-state index is -0.211. The topological polar surface area (TPSA) is 34.1 Å². The summed E-state index contributed by atoms with van der Waals surface area (Å²) >= 11 is 12.9. The highest BCUT2D eigenvalue weighted by Gasteiger charge is 2.45. The molecule has 166 valence electrons. The van der Waals surface area contributed by atoms with Crippen LogP contribution in [0.5, 0.6) is 0 Å². The predicted molar refractivity (Wildman–Crippen MR) is 133 cm³/mol. The zero-order valence-corrected chi connectivity index (χ0v) is 20.0. The lowest BCUT2D eigenvalue weighted by Crippen LogP contribution is -2.62. The summed E-state index contributed by atoms with van der Waals surface area (Å²) in [5, 5.41) is 4.99. The Morgan fingerprint density at radius 3 is 2.42 bits per heavy atom. The molecule has 2 aliphatic heterocycles. The van der Waals surface area contributed by atoms with E-state index in [1.807, 2.05) is 18.2 Å². The first-order chi connectivity index (χ1) is 14.9. The van der Waals surface area contributed by atoms with E-state index in [0.29, 0.717) is 16.6 Å². The molecule has 0 radical (unpaired) electrons. The van der Waals surface area contributed by atoms with E-state index in [9.17, 15) is 0 Å². The number of likely N-dealkylation sites (N-methyl/N-ethyl adjacent to an activating group) is 1. The Morgan fingerprint density at radius 1 is 1.06 bits per heavy atom. The van der Waals surface area contributed by atoms with Gasteiger partial charge in [0.2, 0.25) is 0 Å². The molecule has 1 N–H and O–H groups in total. The molecule has 4 rings (SSSR count). The van der Waals surface area contributed by atoms with E-state index < -0.39 is 0 Å². The zero-order valence-electron chi connectivity index (χ0n) is 18.5. The minimum Gasteiger partial charge on any atom is -0.371 e. The predicted octanol–water partition coefficient (Wildman–Crippen LogP) is 4.85. The maximum atomic E-state index is 6.45. The molecule has 0 aromatic heterocycles. The van der Waals surface area contributed by atoms with Crippen molar-refractivity contribution >= 4 is 40.4 Å². The third-order valence-corrected chi connectivity index (χ3v) is 6.97. The van der Waals surface area contributed by atoms with Crippen LogP contribution in [0.2, 0.25) is 10.0 Å². The van der Waals surface area contributed by atoms with Gasteiger partial charge in [-0.05, 0) is 51.7 Å². The Hall–Kier alpha value is -1.79. The maximum Gasteiger partial charge on any atom is 0.130 e. The molecule has 1 saturated heterocycles. The highest BCUT2D eigenvalue weighted by Crippen LogP contribution is 2.44. The van der Waals surface area contributed by atoms with Gasteiger partial charge in [-0.1, -0.05) is 53.5 Å². The summed E-state index contributed by atoms with van der Waals surface area (Å²) in [6.45, 7) is 4.46. The summed E-state index contributed by atoms with van der Waals surface area (Å²) in [6.07, 6.45) is 1.99. The summed E-state index contributed by atoms with van der Waals surface area (Å²) in [4.78, 5) is 12.2. The van der Waals surface area contributed by atoms with Crippen LogP contribution in [0.3, 0.4) is 0 Å². The number of anilines is 2. The molecular formula is C24H31Cl2N5. The van der Waals surface area contributed by atoms with Crippen molar-refractivity contribution in [1.82, 2.24) is 9.80 Å². The molecular weight excluding hydrogens is 429 g/mol. The third kappa shape index (κ3) is 4.85. The summed E-state index contributed by atoms with van der Waals surface area (Å²) in [5.41, 5.74) is 3.09. The van der Waals surface area contributed by atoms with Crippen molar-refractivity contribution in [2.24, 2.45) is 4.99 Å². The number of rotatable bonds is 5. The van der Waals surface area contributed by atoms with Crippen LogP contribution in [-0.4, -0.2) is 68.5 Å². The lowest BCUT2D eigenvalue weighted by Gasteiger charge is -2.50. The second-order valence-corrected chi connectivity index (χ2v) is 9.69. The molecule has 2 aromatic rings. The molecule has 2 heterocycles. The number of amidine groups is 1. The van der Waals surface area contributed by atoms with Crippen molar-refractivity contribution in [1.29, 1.82) is 0 Å². The van der Waals surface area contributed by atoms with Crippen LogP contribution in [0, 0.1) is 0 Å². The van der Waals surface area contributed by atoms with E-state index in [2.05, 4.69) is 65.4 Å². The van der Waals surface area contributed by atoms with Crippen LogP contribution < -0.4 is 10.2 Å². The SMILES string of the molecule is CN(C)CCN1C(=NCc2ccccc2)C2(CCN(C)CC2)Nc2cc(Cl)c(Cl)cc21. The van der Waals surface area contributed by atoms with Gasteiger partial charge in [-0.25, -0.2) is 0 Å². The highest BCUT2D eigenvalue weighted by molar-refractivity contribution is 6.42. The first-order valence-electron chi connectivity index (χ1n) is 10.8. The third-order valence-electron chi connectivity index (χ3n) is 6.25. The number of piperidine rings is 1. The van der Waals surface area contributed by atoms with Gasteiger partial charge in [0.05, 0.1) is 33.5 Å². The molecule has 0 unspecified atom stereocenters. The number of nitrogens with zero attached hydrogens (tertiary/aromatic N) is 4. The minimum absolute atomic E-state index is 0.211. The molecule has 2 aromatic carbocycles. The molecule has 0 aliphatic carbocycles. The van der Waals surface area contributed by atoms with Crippen LogP contribution >= 0.6 is 23.2 Å². The van der Waals surface area contributed by atoms with Gasteiger partial charge in [0.1, 0.15) is 5.84 Å². The largest absolute Gasteiger partial charge is 0.371 e. The van der Waals surface area contributed by atoms with Crippen molar-refractivity contribution in [3.63, 3.8) is 0 Å². The molecule has 0 bridgehead atoms. The van der Waals surface area contributed by atoms with Crippen molar-refractivity contribution in [3.05, 3.63) is 58.1 Å². The highest BCUT2D eigenvalue weighted by atomic mass is 35.5. The molecule has 0 amide bonds. The molecule has 0 saturated carbocycles. The average Bonchev–Trinajstić information content (AvgIpc) is 2.75. The molecule has 2 aliphatic rings. The number of hydrogen-bond acceptors (Lipinski definition) is 4. The molecule has 1 fully saturated rings. The molecule has 1 spiro atoms. The van der Waals surface area contributed by atoms with Gasteiger partial charge in [-0.2, -0.15) is 0 Å². The number of fused-ring (bicyclic) bond motifs is 1. The first kappa shape index (κ1) is 22.4. The lowest BCUT2D eigenvalue weighted by atomic mass is 9.83. The fraction of sp³-hybridized carbons (Fsp3) is 0.458. The monoisotopic (exact) mass is 459 g/mol. The van der Waals surface area contributed by atoms with Crippen molar-refractivity contribution in [2.75, 3.05) is 57.5 Å². The van der Waals surface area contributed by atoms with Gasteiger partial charge in [-0.15, -0.1) is 0 Å². The van der Waals surface area contributed by atoms with Crippen molar-refractivity contribution in [3.8, 4) is 0 Å². The van der Waals surface area contributed by atoms with Gasteiger partial charge < -0.3 is 20.0 Å². The quantitative estimate of drug-likeness (QED) is 0.692. The Labute approximate surface area is 195 Å². The van der Waals surface area contributed by atoms with Gasteiger partial charge in [-0.3, -0.25) is 4.99 Å². The van der Waals surface area contributed by atoms with Crippen molar-refractivity contribution in [2.45, 2.75) is 24.9 Å². The Morgan fingerprint density at radius 2 is 1.74 bits per heavy atom. The van der Waals surface area contributed by atoms with Crippen LogP contribution in [0.4, 0.5) is 11.4 Å². The van der Waals surface area contributed by atoms with Crippen molar-refractivity contribution < 1.29 is 0 Å². The number of halogens is 2. The normalized spacial score (nSPS) is 19.7. The zero-order chi connectivity index (χ0) is 22.0. The number of aliphatic imine (C=N–C) groups is 1. The van der Waals surface area contributed by atoms with Gasteiger partial charge in [0.25, 0.3) is 0 Å². The van der Waals surface area contributed by atoms with Gasteiger partial charge >= 0.3 is 0 Å². The molecule has 31 heavy (non-hydrogen) atoms. The summed E-state index contributed by atoms with van der Waals surface area (Å²) in [5.74, 6) is 1.11. The Balaban J connectivity index is 1.80. The number of benzene rings is 2. The number of likely N-dealkylation sites (tertiary alicyclic amines) is 1. The Kier molecular flexibility index (Phi) is 6.77. The summed E-state index contributed by atoms with van der Waals surface area (Å²) < 4.78 is 0. The fourth-order valence-corrected chi connectivity index (χ4v) is 4.73. The van der Waals surface area contributed by atoms with E-state index in [-0.39, 0.29) is 5.54 Å². The Bertz CT molecular complexity index is 936. The second kappa shape index (κ2) is 9.37. The molecule has 5 nitrogen and oxygen atoms in total. The van der Waals surface area contributed by atoms with Gasteiger partial charge in [0, 0.05) is 26.2 Å². The van der Waals surface area contributed by atoms with E-state index in [1.165, 1.54) is 5.56 Å². The van der Waals surface area contributed by atoms with E-state index in [0.717, 1.165) is 56.2 Å². The first-order valence-corrected chi connectivity index (χ1v) is 11.6. The standard InChI is InChI=1S/C24H31Cl2N5/c1-29(2)13-14-31-22-16-20(26)19(25)15-21(22)28-24(9-11-30(3)12-10-24)23(31)27-17-18-7-5-4-6-8-18/h4-8,15-16,28H,9-14,17H2,1-3H3. The molecule has 7 heteroatoms. The fourth-order valence-electron chi connectivity index (χ4n) is 4.41. The lowest BCUT2D eigenvalue weighted by molar-refractivity contribution is 0.238. The average molecular weight is 460 g/mol.